The van der Waals surface area contributed by atoms with E-state index < -0.39 is 70.0 Å². The van der Waals surface area contributed by atoms with Gasteiger partial charge in [0.15, 0.2) is 0 Å². The van der Waals surface area contributed by atoms with Crippen LogP contribution in [-0.2, 0) is 0 Å². The Labute approximate surface area is 89.6 Å². The molecular weight excluding hydrogens is 433 g/mol. The van der Waals surface area contributed by atoms with E-state index in [0.29, 0.717) is 0 Å². The van der Waals surface area contributed by atoms with E-state index >= 15 is 0 Å². The van der Waals surface area contributed by atoms with Gasteiger partial charge in [0, 0.05) is 0 Å². The predicted octanol–water partition coefficient (Wildman–Crippen LogP) is -2.70. The molecule has 0 saturated carbocycles. The van der Waals surface area contributed by atoms with Crippen LogP contribution in [-0.4, -0.2) is 70.0 Å². The van der Waals surface area contributed by atoms with Crippen LogP contribution in [0, 0.1) is 0 Å². The van der Waals surface area contributed by atoms with Gasteiger partial charge >= 0.3 is 91.4 Å². The molecule has 0 aromatic rings. The fraction of sp³-hybridized carbons (Fsp3) is 0. The van der Waals surface area contributed by atoms with Crippen LogP contribution in [0.4, 0.5) is 0 Å². The molecule has 0 heterocycles. The molecule has 0 aliphatic heterocycles. The van der Waals surface area contributed by atoms with Crippen molar-refractivity contribution >= 4 is 82.8 Å². The third-order valence-corrected chi connectivity index (χ3v) is 22.0. The second-order valence-corrected chi connectivity index (χ2v) is 26.2. The number of thiol groups is 1. The minimum absolute atomic E-state index is 0.726. The molecule has 0 spiro atoms. The molecule has 4 N–H and O–H groups in total. The molecular formula is H7In3N4S. The van der Waals surface area contributed by atoms with Gasteiger partial charge in [0.25, 0.3) is 0 Å². The van der Waals surface area contributed by atoms with Crippen molar-refractivity contribution in [3.63, 3.8) is 0 Å². The first-order valence-corrected chi connectivity index (χ1v) is 14.1. The van der Waals surface area contributed by atoms with Crippen molar-refractivity contribution in [2.75, 3.05) is 0 Å². The summed E-state index contributed by atoms with van der Waals surface area (Å²) in [6.07, 6.45) is 0. The molecule has 0 aliphatic rings. The number of hydrogen-bond donors (Lipinski definition) is 4. The topological polar surface area (TPSA) is 62.4 Å². The number of nitrogens with zero attached hydrogens (tertiary/aromatic N) is 1. The number of hydrogen-bond acceptors (Lipinski definition) is 4. The van der Waals surface area contributed by atoms with Crippen LogP contribution in [0.2, 0.25) is 0 Å². The number of nitrogens with one attached hydrogen (secondary N) is 2. The summed E-state index contributed by atoms with van der Waals surface area (Å²) < 4.78 is 15.8. The van der Waals surface area contributed by atoms with Gasteiger partial charge in [-0.1, -0.05) is 0 Å². The fourth-order valence-corrected chi connectivity index (χ4v) is 32.6. The zero-order chi connectivity index (χ0) is 6.24. The second-order valence-electron chi connectivity index (χ2n) is 1.08. The molecule has 0 atom stereocenters. The molecule has 0 unspecified atom stereocenters. The average Bonchev–Trinajstić information content (AvgIpc) is 1.81. The van der Waals surface area contributed by atoms with Crippen LogP contribution in [0.5, 0.6) is 0 Å². The molecule has 0 radical (unpaired) electrons. The van der Waals surface area contributed by atoms with Crippen LogP contribution in [0.15, 0.2) is 2.32 Å². The summed E-state index contributed by atoms with van der Waals surface area (Å²) in [6, 6.07) is 0. The van der Waals surface area contributed by atoms with E-state index in [1.165, 1.54) is 0 Å². The first-order valence-electron chi connectivity index (χ1n) is 2.22. The van der Waals surface area contributed by atoms with E-state index in [-0.39, 0.29) is 0 Å². The van der Waals surface area contributed by atoms with Crippen LogP contribution in [0.1, 0.15) is 0 Å². The van der Waals surface area contributed by atoms with Gasteiger partial charge in [-0.15, -0.1) is 0 Å². The third-order valence-electron chi connectivity index (χ3n) is 0.520. The third kappa shape index (κ3) is 8.48. The van der Waals surface area contributed by atoms with Crippen LogP contribution < -0.4 is 6.31 Å². The number of rotatable bonds is 4. The van der Waals surface area contributed by atoms with E-state index in [4.69, 9.17) is 3.72 Å². The summed E-state index contributed by atoms with van der Waals surface area (Å²) in [5.41, 5.74) is 0. The molecule has 0 saturated heterocycles. The van der Waals surface area contributed by atoms with E-state index in [9.17, 15) is 0 Å². The van der Waals surface area contributed by atoms with Gasteiger partial charge in [-0.2, -0.15) is 0 Å². The van der Waals surface area contributed by atoms with Crippen LogP contribution in [0.3, 0.4) is 0 Å². The summed E-state index contributed by atoms with van der Waals surface area (Å²) in [5.74, 6) is 0. The first kappa shape index (κ1) is 10.5. The number of nitrogens with two attached hydrogens (primary N) is 1. The SMILES string of the molecule is [NH2][InH][NH][InH][NH][In]=[N]S. The van der Waals surface area contributed by atoms with Gasteiger partial charge in [-0.05, 0) is 0 Å². The van der Waals surface area contributed by atoms with Crippen molar-refractivity contribution in [2.45, 2.75) is 0 Å². The maximum atomic E-state index is 5.39. The quantitative estimate of drug-likeness (QED) is 0.285. The summed E-state index contributed by atoms with van der Waals surface area (Å²) in [7, 11) is 0. The Hall–Kier alpha value is 2.48. The molecule has 4 nitrogen and oxygen atoms in total. The van der Waals surface area contributed by atoms with Gasteiger partial charge in [0.2, 0.25) is 0 Å². The molecule has 8 heavy (non-hydrogen) atoms. The Morgan fingerprint density at radius 3 is 3.00 bits per heavy atom. The van der Waals surface area contributed by atoms with Gasteiger partial charge in [0.1, 0.15) is 0 Å². The normalized spacial score (nSPS) is 8.25. The molecule has 0 aliphatic carbocycles. The van der Waals surface area contributed by atoms with Gasteiger partial charge in [-0.25, -0.2) is 0 Å². The molecule has 8 heteroatoms. The Balaban J connectivity index is 2.72. The van der Waals surface area contributed by atoms with Crippen molar-refractivity contribution in [1.82, 2.24) is 2.58 Å². The molecule has 0 fully saturated rings. The fourth-order valence-electron chi connectivity index (χ4n) is 0.231. The second kappa shape index (κ2) is 9.48. The van der Waals surface area contributed by atoms with Crippen LogP contribution >= 0.6 is 12.8 Å². The van der Waals surface area contributed by atoms with E-state index in [1.807, 2.05) is 0 Å². The van der Waals surface area contributed by atoms with Crippen molar-refractivity contribution in [3.05, 3.63) is 0 Å². The Kier molecular flexibility index (Phi) is 12.4. The van der Waals surface area contributed by atoms with E-state index in [1.54, 1.807) is 0 Å². The standard InChI is InChI=1S/3In.HNS.H2N.2HN.2H/c;;;1-2;;;;;/h;;;2H;1H2;2*1H;;/q;;+1;;-1;;;;. The van der Waals surface area contributed by atoms with Crippen molar-refractivity contribution in [3.8, 4) is 0 Å². The zero-order valence-electron chi connectivity index (χ0n) is 4.46. The maximum absolute atomic E-state index is 5.39. The molecule has 0 aromatic heterocycles. The summed E-state index contributed by atoms with van der Waals surface area (Å²) in [4.78, 5) is 0. The molecule has 0 rings (SSSR count). The van der Waals surface area contributed by atoms with E-state index in [2.05, 4.69) is 17.7 Å². The molecule has 0 bridgehead atoms. The van der Waals surface area contributed by atoms with Gasteiger partial charge in [0.05, 0.1) is 0 Å². The Morgan fingerprint density at radius 2 is 2.50 bits per heavy atom. The van der Waals surface area contributed by atoms with Crippen LogP contribution in [0.25, 0.3) is 0 Å². The van der Waals surface area contributed by atoms with E-state index in [0.717, 1.165) is 0 Å². The zero-order valence-corrected chi connectivity index (χ0v) is 16.7. The minimum atomic E-state index is -0.870. The Morgan fingerprint density at radius 1 is 1.75 bits per heavy atom. The van der Waals surface area contributed by atoms with Crippen molar-refractivity contribution in [2.24, 2.45) is 6.04 Å². The van der Waals surface area contributed by atoms with Gasteiger partial charge in [-0.3, -0.25) is 0 Å². The van der Waals surface area contributed by atoms with Gasteiger partial charge < -0.3 is 0 Å². The monoisotopic (exact) mass is 440 g/mol. The Bertz CT molecular complexity index is 64.3. The molecule has 42 valence electrons. The predicted molar refractivity (Wildman–Crippen MR) is 41.9 cm³/mol. The molecule has 0 aromatic carbocycles. The summed E-state index contributed by atoms with van der Waals surface area (Å²) in [5, 5.41) is 0. The average molecular weight is 440 g/mol. The summed E-state index contributed by atoms with van der Waals surface area (Å²) >= 11 is 1.44. The van der Waals surface area contributed by atoms with Crippen molar-refractivity contribution < 1.29 is 0 Å². The first-order chi connectivity index (χ1) is 3.91. The summed E-state index contributed by atoms with van der Waals surface area (Å²) in [6.45, 7) is 0. The molecule has 0 amide bonds. The van der Waals surface area contributed by atoms with Crippen molar-refractivity contribution in [1.29, 1.82) is 0 Å².